The van der Waals surface area contributed by atoms with E-state index in [4.69, 9.17) is 0 Å². The Morgan fingerprint density at radius 3 is 1.66 bits per heavy atom. The maximum Gasteiger partial charge on any atom is 0.416 e. The number of fused-ring (bicyclic) bond motifs is 4. The molecule has 1 aliphatic rings. The lowest BCUT2D eigenvalue weighted by atomic mass is 9.97. The number of rotatable bonds is 5. The Kier molecular flexibility index (Phi) is 7.98. The highest BCUT2D eigenvalue weighted by Crippen LogP contribution is 2.44. The number of aromatic nitrogens is 1. The number of carbonyl (C=O) groups is 2. The van der Waals surface area contributed by atoms with Crippen LogP contribution in [0.3, 0.4) is 0 Å². The Morgan fingerprint density at radius 1 is 0.393 bits per heavy atom. The lowest BCUT2D eigenvalue weighted by Crippen LogP contribution is -2.30. The molecule has 2 amide bonds. The van der Waals surface area contributed by atoms with Crippen molar-refractivity contribution >= 4 is 39.3 Å². The molecule has 0 aliphatic carbocycles. The second-order valence-corrected chi connectivity index (χ2v) is 13.5. The summed E-state index contributed by atoms with van der Waals surface area (Å²) in [4.78, 5) is 30.4. The maximum absolute atomic E-state index is 14.8. The first-order chi connectivity index (χ1) is 26.9. The Balaban J connectivity index is 1.22. The van der Waals surface area contributed by atoms with E-state index < -0.39 is 35.3 Å². The molecule has 8 aromatic rings. The molecule has 0 saturated heterocycles. The van der Waals surface area contributed by atoms with E-state index in [1.54, 1.807) is 59.2 Å². The molecular formula is C46H26F6N2O2. The van der Waals surface area contributed by atoms with Crippen molar-refractivity contribution in [1.29, 1.82) is 0 Å². The van der Waals surface area contributed by atoms with Gasteiger partial charge in [-0.15, -0.1) is 0 Å². The molecule has 274 valence electrons. The van der Waals surface area contributed by atoms with Gasteiger partial charge in [0.25, 0.3) is 11.8 Å². The van der Waals surface area contributed by atoms with Crippen molar-refractivity contribution in [2.45, 2.75) is 12.4 Å². The normalized spacial score (nSPS) is 13.2. The highest BCUT2D eigenvalue weighted by atomic mass is 19.4. The summed E-state index contributed by atoms with van der Waals surface area (Å²) in [5.74, 6) is -1.06. The summed E-state index contributed by atoms with van der Waals surface area (Å²) in [6.07, 6.45) is -10.0. The van der Waals surface area contributed by atoms with Gasteiger partial charge in [-0.2, -0.15) is 26.3 Å². The van der Waals surface area contributed by atoms with Crippen LogP contribution in [0.2, 0.25) is 0 Å². The van der Waals surface area contributed by atoms with E-state index in [0.717, 1.165) is 16.7 Å². The van der Waals surface area contributed by atoms with Crippen LogP contribution >= 0.6 is 0 Å². The topological polar surface area (TPSA) is 42.3 Å². The van der Waals surface area contributed by atoms with Crippen LogP contribution in [0.4, 0.5) is 32.0 Å². The highest BCUT2D eigenvalue weighted by Gasteiger charge is 2.41. The summed E-state index contributed by atoms with van der Waals surface area (Å²) >= 11 is 0. The largest absolute Gasteiger partial charge is 0.416 e. The predicted octanol–water partition coefficient (Wildman–Crippen LogP) is 12.6. The molecule has 2 heterocycles. The first-order valence-corrected chi connectivity index (χ1v) is 17.5. The average molecular weight is 753 g/mol. The molecule has 0 unspecified atom stereocenters. The van der Waals surface area contributed by atoms with Crippen molar-refractivity contribution in [3.63, 3.8) is 0 Å². The van der Waals surface area contributed by atoms with Crippen molar-refractivity contribution in [2.24, 2.45) is 0 Å². The summed E-state index contributed by atoms with van der Waals surface area (Å²) in [5.41, 5.74) is 2.51. The summed E-state index contributed by atoms with van der Waals surface area (Å²) in [5, 5.41) is 1.16. The van der Waals surface area contributed by atoms with E-state index in [0.29, 0.717) is 50.9 Å². The van der Waals surface area contributed by atoms with Gasteiger partial charge in [0.05, 0.1) is 44.7 Å². The second kappa shape index (κ2) is 12.8. The minimum absolute atomic E-state index is 0.103. The summed E-state index contributed by atoms with van der Waals surface area (Å²) < 4.78 is 84.5. The van der Waals surface area contributed by atoms with Gasteiger partial charge in [-0.1, -0.05) is 103 Å². The van der Waals surface area contributed by atoms with Gasteiger partial charge in [-0.05, 0) is 82.4 Å². The number of para-hydroxylation sites is 1. The summed E-state index contributed by atoms with van der Waals surface area (Å²) in [6, 6.07) is 43.0. The number of alkyl halides is 6. The number of hydrogen-bond acceptors (Lipinski definition) is 2. The molecule has 1 aliphatic heterocycles. The minimum Gasteiger partial charge on any atom is -0.308 e. The van der Waals surface area contributed by atoms with Crippen LogP contribution in [0.25, 0.3) is 60.9 Å². The second-order valence-electron chi connectivity index (χ2n) is 13.5. The predicted molar refractivity (Wildman–Crippen MR) is 205 cm³/mol. The van der Waals surface area contributed by atoms with Gasteiger partial charge in [0.1, 0.15) is 0 Å². The van der Waals surface area contributed by atoms with Gasteiger partial charge in [0.2, 0.25) is 0 Å². The van der Waals surface area contributed by atoms with Crippen LogP contribution < -0.4 is 4.90 Å². The lowest BCUT2D eigenvalue weighted by molar-refractivity contribution is -0.143. The highest BCUT2D eigenvalue weighted by molar-refractivity contribution is 6.36. The summed E-state index contributed by atoms with van der Waals surface area (Å²) in [6.45, 7) is 0. The van der Waals surface area contributed by atoms with Crippen LogP contribution in [0, 0.1) is 0 Å². The molecule has 1 aromatic heterocycles. The van der Waals surface area contributed by atoms with Crippen molar-refractivity contribution in [2.75, 3.05) is 4.90 Å². The van der Waals surface area contributed by atoms with Gasteiger partial charge in [0, 0.05) is 16.3 Å². The average Bonchev–Trinajstić information content (AvgIpc) is 3.67. The molecule has 10 heteroatoms. The minimum atomic E-state index is -5.01. The molecule has 0 spiro atoms. The van der Waals surface area contributed by atoms with Crippen LogP contribution in [0.15, 0.2) is 158 Å². The van der Waals surface area contributed by atoms with Crippen LogP contribution in [0.1, 0.15) is 31.8 Å². The molecule has 0 fully saturated rings. The molecule has 9 rings (SSSR count). The first-order valence-electron chi connectivity index (χ1n) is 17.5. The van der Waals surface area contributed by atoms with Crippen molar-refractivity contribution in [3.05, 3.63) is 180 Å². The van der Waals surface area contributed by atoms with E-state index in [9.17, 15) is 35.9 Å². The third-order valence-corrected chi connectivity index (χ3v) is 10.2. The van der Waals surface area contributed by atoms with Gasteiger partial charge in [-0.3, -0.25) is 9.59 Å². The molecule has 0 bridgehead atoms. The van der Waals surface area contributed by atoms with Gasteiger partial charge in [-0.25, -0.2) is 4.90 Å². The number of imide groups is 1. The molecule has 7 aromatic carbocycles. The Morgan fingerprint density at radius 2 is 0.982 bits per heavy atom. The van der Waals surface area contributed by atoms with Gasteiger partial charge < -0.3 is 4.57 Å². The zero-order valence-electron chi connectivity index (χ0n) is 29.0. The SMILES string of the molecule is O=C1c2cccc(-n3c4ccccc4c4cc(-c5cc(C(F)(F)F)cc(C(F)(F)F)c5)ccc43)c2C(=O)N1c1cc(-c2ccccc2)ccc1-c1ccccc1. The van der Waals surface area contributed by atoms with E-state index in [-0.39, 0.29) is 28.3 Å². The molecule has 0 radical (unpaired) electrons. The van der Waals surface area contributed by atoms with Crippen molar-refractivity contribution in [3.8, 4) is 39.1 Å². The van der Waals surface area contributed by atoms with E-state index >= 15 is 0 Å². The Labute approximate surface area is 315 Å². The molecule has 0 saturated carbocycles. The molecule has 56 heavy (non-hydrogen) atoms. The van der Waals surface area contributed by atoms with Crippen molar-refractivity contribution in [1.82, 2.24) is 4.57 Å². The monoisotopic (exact) mass is 752 g/mol. The first kappa shape index (κ1) is 34.8. The Bertz CT molecular complexity index is 2850. The number of benzene rings is 7. The lowest BCUT2D eigenvalue weighted by Gasteiger charge is -2.20. The van der Waals surface area contributed by atoms with E-state index in [1.165, 1.54) is 11.0 Å². The van der Waals surface area contributed by atoms with E-state index in [1.807, 2.05) is 78.9 Å². The van der Waals surface area contributed by atoms with Crippen LogP contribution in [-0.2, 0) is 12.4 Å². The zero-order chi connectivity index (χ0) is 38.9. The standard InChI is InChI=1S/C46H26F6N2O2/c47-45(48,49)32-22-31(23-33(26-32)46(50,51)52)29-19-21-39-37(24-29)35-14-7-8-16-38(35)53(39)40-17-9-15-36-42(40)44(56)54(43(36)55)41-25-30(27-10-3-1-4-11-27)18-20-34(41)28-12-5-2-6-13-28/h1-26H. The smallest absolute Gasteiger partial charge is 0.308 e. The number of halogens is 6. The molecular weight excluding hydrogens is 727 g/mol. The van der Waals surface area contributed by atoms with Gasteiger partial charge in [0.15, 0.2) is 0 Å². The Hall–Kier alpha value is -6.94. The van der Waals surface area contributed by atoms with Crippen LogP contribution in [0.5, 0.6) is 0 Å². The van der Waals surface area contributed by atoms with E-state index in [2.05, 4.69) is 0 Å². The third kappa shape index (κ3) is 5.72. The molecule has 4 nitrogen and oxygen atoms in total. The molecule has 0 N–H and O–H groups in total. The number of amides is 2. The summed E-state index contributed by atoms with van der Waals surface area (Å²) in [7, 11) is 0. The number of hydrogen-bond donors (Lipinski definition) is 0. The van der Waals surface area contributed by atoms with Crippen molar-refractivity contribution < 1.29 is 35.9 Å². The molecule has 0 atom stereocenters. The van der Waals surface area contributed by atoms with Crippen LogP contribution in [-0.4, -0.2) is 16.4 Å². The van der Waals surface area contributed by atoms with Gasteiger partial charge >= 0.3 is 12.4 Å². The quantitative estimate of drug-likeness (QED) is 0.130. The fourth-order valence-corrected chi connectivity index (χ4v) is 7.59. The number of carbonyl (C=O) groups excluding carboxylic acids is 2. The fourth-order valence-electron chi connectivity index (χ4n) is 7.59. The zero-order valence-corrected chi connectivity index (χ0v) is 29.0. The maximum atomic E-state index is 14.8. The fraction of sp³-hybridized carbons (Fsp3) is 0.0435. The number of nitrogens with zero attached hydrogens (tertiary/aromatic N) is 2. The third-order valence-electron chi connectivity index (χ3n) is 10.2. The number of anilines is 1.